The Balaban J connectivity index is 3.09. The van der Waals surface area contributed by atoms with Crippen molar-refractivity contribution in [1.82, 2.24) is 5.32 Å². The van der Waals surface area contributed by atoms with E-state index in [9.17, 15) is 0 Å². The van der Waals surface area contributed by atoms with Gasteiger partial charge in [0.05, 0.1) is 0 Å². The maximum absolute atomic E-state index is 3.18. The van der Waals surface area contributed by atoms with E-state index < -0.39 is 0 Å². The predicted molar refractivity (Wildman–Crippen MR) is 53.4 cm³/mol. The summed E-state index contributed by atoms with van der Waals surface area (Å²) in [6.07, 6.45) is 0. The molecule has 0 aliphatic rings. The first kappa shape index (κ1) is 9.27. The summed E-state index contributed by atoms with van der Waals surface area (Å²) in [5.74, 6) is 0. The lowest BCUT2D eigenvalue weighted by atomic mass is 10.0. The second-order valence-corrected chi connectivity index (χ2v) is 3.40. The van der Waals surface area contributed by atoms with Crippen LogP contribution in [0.5, 0.6) is 0 Å². The molecule has 66 valence electrons. The zero-order valence-corrected chi connectivity index (χ0v) is 8.36. The molecule has 0 amide bonds. The fourth-order valence-corrected chi connectivity index (χ4v) is 1.50. The number of aryl methyl sites for hydroxylation is 2. The smallest absolute Gasteiger partial charge is 0.0205 e. The Morgan fingerprint density at radius 1 is 1.17 bits per heavy atom. The standard InChI is InChI=1S/C11H17N/c1-8-5-9(2)10(3)11(6-8)7-12-4/h5-6,12H,7H2,1-4H3. The van der Waals surface area contributed by atoms with Crippen LogP contribution in [0, 0.1) is 20.8 Å². The molecule has 1 aromatic carbocycles. The van der Waals surface area contributed by atoms with E-state index in [1.807, 2.05) is 7.05 Å². The number of nitrogens with one attached hydrogen (secondary N) is 1. The first-order chi connectivity index (χ1) is 5.65. The van der Waals surface area contributed by atoms with Crippen molar-refractivity contribution in [2.75, 3.05) is 7.05 Å². The molecule has 0 saturated carbocycles. The maximum Gasteiger partial charge on any atom is 0.0205 e. The van der Waals surface area contributed by atoms with Crippen LogP contribution < -0.4 is 5.32 Å². The first-order valence-corrected chi connectivity index (χ1v) is 4.36. The molecular formula is C11H17N. The molecule has 0 spiro atoms. The van der Waals surface area contributed by atoms with Gasteiger partial charge in [-0.15, -0.1) is 0 Å². The van der Waals surface area contributed by atoms with Crippen molar-refractivity contribution in [3.8, 4) is 0 Å². The molecule has 0 atom stereocenters. The molecule has 1 nitrogen and oxygen atoms in total. The second kappa shape index (κ2) is 3.72. The molecule has 1 heteroatoms. The molecule has 0 aromatic heterocycles. The van der Waals surface area contributed by atoms with Gasteiger partial charge in [0, 0.05) is 6.54 Å². The molecular weight excluding hydrogens is 146 g/mol. The minimum Gasteiger partial charge on any atom is -0.316 e. The summed E-state index contributed by atoms with van der Waals surface area (Å²) in [4.78, 5) is 0. The van der Waals surface area contributed by atoms with Gasteiger partial charge in [-0.25, -0.2) is 0 Å². The summed E-state index contributed by atoms with van der Waals surface area (Å²) >= 11 is 0. The Morgan fingerprint density at radius 2 is 1.83 bits per heavy atom. The van der Waals surface area contributed by atoms with Gasteiger partial charge < -0.3 is 5.32 Å². The van der Waals surface area contributed by atoms with Gasteiger partial charge >= 0.3 is 0 Å². The van der Waals surface area contributed by atoms with E-state index in [1.54, 1.807) is 0 Å². The third-order valence-corrected chi connectivity index (χ3v) is 2.29. The highest BCUT2D eigenvalue weighted by Gasteiger charge is 2.00. The van der Waals surface area contributed by atoms with Crippen molar-refractivity contribution in [2.24, 2.45) is 0 Å². The van der Waals surface area contributed by atoms with Crippen molar-refractivity contribution in [2.45, 2.75) is 27.3 Å². The monoisotopic (exact) mass is 163 g/mol. The van der Waals surface area contributed by atoms with E-state index in [1.165, 1.54) is 22.3 Å². The van der Waals surface area contributed by atoms with Crippen LogP contribution in [0.3, 0.4) is 0 Å². The van der Waals surface area contributed by atoms with Crippen LogP contribution in [-0.4, -0.2) is 7.05 Å². The number of rotatable bonds is 2. The van der Waals surface area contributed by atoms with Crippen molar-refractivity contribution in [3.63, 3.8) is 0 Å². The quantitative estimate of drug-likeness (QED) is 0.705. The van der Waals surface area contributed by atoms with Gasteiger partial charge in [-0.3, -0.25) is 0 Å². The Hall–Kier alpha value is -0.820. The van der Waals surface area contributed by atoms with E-state index in [-0.39, 0.29) is 0 Å². The predicted octanol–water partition coefficient (Wildman–Crippen LogP) is 2.33. The van der Waals surface area contributed by atoms with Crippen LogP contribution in [-0.2, 0) is 6.54 Å². The highest BCUT2D eigenvalue weighted by molar-refractivity contribution is 5.37. The Morgan fingerprint density at radius 3 is 2.42 bits per heavy atom. The lowest BCUT2D eigenvalue weighted by molar-refractivity contribution is 0.809. The highest BCUT2D eigenvalue weighted by Crippen LogP contribution is 2.15. The molecule has 0 bridgehead atoms. The Kier molecular flexibility index (Phi) is 2.88. The van der Waals surface area contributed by atoms with Gasteiger partial charge in [0.15, 0.2) is 0 Å². The third-order valence-electron chi connectivity index (χ3n) is 2.29. The van der Waals surface area contributed by atoms with Crippen LogP contribution in [0.15, 0.2) is 12.1 Å². The average molecular weight is 163 g/mol. The van der Waals surface area contributed by atoms with E-state index in [4.69, 9.17) is 0 Å². The minimum atomic E-state index is 0.967. The van der Waals surface area contributed by atoms with Crippen molar-refractivity contribution in [3.05, 3.63) is 34.4 Å². The van der Waals surface area contributed by atoms with Gasteiger partial charge in [-0.05, 0) is 44.5 Å². The molecule has 0 radical (unpaired) electrons. The molecule has 1 aromatic rings. The van der Waals surface area contributed by atoms with Crippen LogP contribution in [0.4, 0.5) is 0 Å². The van der Waals surface area contributed by atoms with Crippen LogP contribution >= 0.6 is 0 Å². The molecule has 0 saturated heterocycles. The molecule has 0 fully saturated rings. The molecule has 0 heterocycles. The topological polar surface area (TPSA) is 12.0 Å². The Bertz CT molecular complexity index is 277. The SMILES string of the molecule is CNCc1cc(C)cc(C)c1C. The summed E-state index contributed by atoms with van der Waals surface area (Å²) < 4.78 is 0. The van der Waals surface area contributed by atoms with Crippen LogP contribution in [0.1, 0.15) is 22.3 Å². The Labute approximate surface area is 74.8 Å². The van der Waals surface area contributed by atoms with E-state index in [2.05, 4.69) is 38.2 Å². The van der Waals surface area contributed by atoms with Gasteiger partial charge in [-0.2, -0.15) is 0 Å². The fraction of sp³-hybridized carbons (Fsp3) is 0.455. The molecule has 0 aliphatic heterocycles. The summed E-state index contributed by atoms with van der Waals surface area (Å²) in [7, 11) is 1.98. The van der Waals surface area contributed by atoms with E-state index in [0.717, 1.165) is 6.54 Å². The second-order valence-electron chi connectivity index (χ2n) is 3.40. The largest absolute Gasteiger partial charge is 0.316 e. The van der Waals surface area contributed by atoms with Gasteiger partial charge in [0.1, 0.15) is 0 Å². The molecule has 0 unspecified atom stereocenters. The maximum atomic E-state index is 3.18. The number of hydrogen-bond acceptors (Lipinski definition) is 1. The summed E-state index contributed by atoms with van der Waals surface area (Å²) in [6.45, 7) is 7.46. The molecule has 12 heavy (non-hydrogen) atoms. The molecule has 0 aliphatic carbocycles. The van der Waals surface area contributed by atoms with Crippen molar-refractivity contribution < 1.29 is 0 Å². The number of benzene rings is 1. The normalized spacial score (nSPS) is 10.3. The van der Waals surface area contributed by atoms with Crippen LogP contribution in [0.25, 0.3) is 0 Å². The van der Waals surface area contributed by atoms with Crippen molar-refractivity contribution >= 4 is 0 Å². The minimum absolute atomic E-state index is 0.967. The zero-order valence-electron chi connectivity index (χ0n) is 8.36. The summed E-state index contributed by atoms with van der Waals surface area (Å²) in [5.41, 5.74) is 5.56. The lowest BCUT2D eigenvalue weighted by Gasteiger charge is -2.09. The molecule has 1 N–H and O–H groups in total. The third kappa shape index (κ3) is 1.86. The lowest BCUT2D eigenvalue weighted by Crippen LogP contribution is -2.07. The zero-order chi connectivity index (χ0) is 9.14. The highest BCUT2D eigenvalue weighted by atomic mass is 14.8. The van der Waals surface area contributed by atoms with Gasteiger partial charge in [0.25, 0.3) is 0 Å². The molecule has 1 rings (SSSR count). The van der Waals surface area contributed by atoms with Gasteiger partial charge in [0.2, 0.25) is 0 Å². The summed E-state index contributed by atoms with van der Waals surface area (Å²) in [5, 5.41) is 3.18. The average Bonchev–Trinajstić information content (AvgIpc) is 2.00. The van der Waals surface area contributed by atoms with E-state index >= 15 is 0 Å². The first-order valence-electron chi connectivity index (χ1n) is 4.36. The number of hydrogen-bond donors (Lipinski definition) is 1. The van der Waals surface area contributed by atoms with Crippen LogP contribution in [0.2, 0.25) is 0 Å². The fourth-order valence-electron chi connectivity index (χ4n) is 1.50. The van der Waals surface area contributed by atoms with Gasteiger partial charge in [-0.1, -0.05) is 17.7 Å². The van der Waals surface area contributed by atoms with E-state index in [0.29, 0.717) is 0 Å². The van der Waals surface area contributed by atoms with Crippen molar-refractivity contribution in [1.29, 1.82) is 0 Å². The summed E-state index contributed by atoms with van der Waals surface area (Å²) in [6, 6.07) is 4.48.